The van der Waals surface area contributed by atoms with Crippen LogP contribution in [0.4, 0.5) is 0 Å². The van der Waals surface area contributed by atoms with E-state index in [4.69, 9.17) is 4.74 Å². The molecule has 3 nitrogen and oxygen atoms in total. The Morgan fingerprint density at radius 2 is 2.22 bits per heavy atom. The molecule has 18 heavy (non-hydrogen) atoms. The van der Waals surface area contributed by atoms with Crippen LogP contribution in [0.3, 0.4) is 0 Å². The average molecular weight is 314 g/mol. The van der Waals surface area contributed by atoms with Crippen LogP contribution in [0.5, 0.6) is 0 Å². The molecule has 2 atom stereocenters. The largest absolute Gasteiger partial charge is 0.395 e. The SMILES string of the molecule is C[C@@H]1OCC[C@H]1N(CCO)Cc1ccccc1Br. The minimum Gasteiger partial charge on any atom is -0.395 e. The normalized spacial score (nSPS) is 23.8. The fourth-order valence-corrected chi connectivity index (χ4v) is 2.95. The summed E-state index contributed by atoms with van der Waals surface area (Å²) in [6.45, 7) is 4.67. The van der Waals surface area contributed by atoms with Crippen molar-refractivity contribution in [2.45, 2.75) is 32.0 Å². The molecular weight excluding hydrogens is 294 g/mol. The third-order valence-corrected chi connectivity index (χ3v) is 4.30. The molecule has 0 saturated carbocycles. The van der Waals surface area contributed by atoms with Crippen LogP contribution in [0, 0.1) is 0 Å². The highest BCUT2D eigenvalue weighted by Gasteiger charge is 2.29. The summed E-state index contributed by atoms with van der Waals surface area (Å²) in [7, 11) is 0. The van der Waals surface area contributed by atoms with E-state index in [-0.39, 0.29) is 12.7 Å². The number of ether oxygens (including phenoxy) is 1. The number of aliphatic hydroxyl groups excluding tert-OH is 1. The van der Waals surface area contributed by atoms with Gasteiger partial charge in [0.05, 0.1) is 12.7 Å². The standard InChI is InChI=1S/C14H20BrNO2/c1-11-14(6-9-18-11)16(7-8-17)10-12-4-2-3-5-13(12)15/h2-5,11,14,17H,6-10H2,1H3/t11-,14+/m0/s1. The van der Waals surface area contributed by atoms with Crippen LogP contribution < -0.4 is 0 Å². The summed E-state index contributed by atoms with van der Waals surface area (Å²) < 4.78 is 6.75. The molecule has 100 valence electrons. The number of benzene rings is 1. The number of hydrogen-bond acceptors (Lipinski definition) is 3. The Hall–Kier alpha value is -0.420. The van der Waals surface area contributed by atoms with E-state index < -0.39 is 0 Å². The Labute approximate surface area is 117 Å². The lowest BCUT2D eigenvalue weighted by Crippen LogP contribution is -2.41. The predicted octanol–water partition coefficient (Wildman–Crippen LogP) is 2.42. The Morgan fingerprint density at radius 1 is 1.44 bits per heavy atom. The highest BCUT2D eigenvalue weighted by atomic mass is 79.9. The summed E-state index contributed by atoms with van der Waals surface area (Å²) in [6.07, 6.45) is 1.30. The molecule has 4 heteroatoms. The molecule has 1 aromatic carbocycles. The predicted molar refractivity (Wildman–Crippen MR) is 75.5 cm³/mol. The lowest BCUT2D eigenvalue weighted by Gasteiger charge is -2.30. The Balaban J connectivity index is 2.08. The number of rotatable bonds is 5. The maximum absolute atomic E-state index is 9.24. The molecule has 2 rings (SSSR count). The van der Waals surface area contributed by atoms with Gasteiger partial charge >= 0.3 is 0 Å². The van der Waals surface area contributed by atoms with E-state index in [1.54, 1.807) is 0 Å². The minimum absolute atomic E-state index is 0.188. The van der Waals surface area contributed by atoms with Gasteiger partial charge in [0.25, 0.3) is 0 Å². The number of halogens is 1. The zero-order valence-electron chi connectivity index (χ0n) is 10.7. The van der Waals surface area contributed by atoms with Gasteiger partial charge in [0.2, 0.25) is 0 Å². The van der Waals surface area contributed by atoms with Crippen molar-refractivity contribution in [1.82, 2.24) is 4.90 Å². The maximum Gasteiger partial charge on any atom is 0.0703 e. The Bertz CT molecular complexity index is 386. The summed E-state index contributed by atoms with van der Waals surface area (Å²) >= 11 is 3.58. The van der Waals surface area contributed by atoms with Crippen molar-refractivity contribution in [3.8, 4) is 0 Å². The smallest absolute Gasteiger partial charge is 0.0703 e. The second-order valence-corrected chi connectivity index (χ2v) is 5.57. The fourth-order valence-electron chi connectivity index (χ4n) is 2.54. The molecule has 0 aliphatic carbocycles. The molecule has 0 unspecified atom stereocenters. The number of aliphatic hydroxyl groups is 1. The van der Waals surface area contributed by atoms with Crippen molar-refractivity contribution in [2.75, 3.05) is 19.8 Å². The van der Waals surface area contributed by atoms with Gasteiger partial charge in [-0.1, -0.05) is 34.1 Å². The summed E-state index contributed by atoms with van der Waals surface area (Å²) in [4.78, 5) is 2.32. The van der Waals surface area contributed by atoms with Gasteiger partial charge in [-0.2, -0.15) is 0 Å². The highest BCUT2D eigenvalue weighted by Crippen LogP contribution is 2.24. The highest BCUT2D eigenvalue weighted by molar-refractivity contribution is 9.10. The molecule has 1 aromatic rings. The third kappa shape index (κ3) is 3.32. The Kier molecular flexibility index (Phi) is 5.18. The maximum atomic E-state index is 9.24. The van der Waals surface area contributed by atoms with Gasteiger partial charge in [0.1, 0.15) is 0 Å². The molecule has 1 fully saturated rings. The second kappa shape index (κ2) is 6.66. The van der Waals surface area contributed by atoms with Crippen molar-refractivity contribution in [2.24, 2.45) is 0 Å². The summed E-state index contributed by atoms with van der Waals surface area (Å²) in [5, 5.41) is 9.24. The molecule has 1 saturated heterocycles. The summed E-state index contributed by atoms with van der Waals surface area (Å²) in [5.74, 6) is 0. The summed E-state index contributed by atoms with van der Waals surface area (Å²) in [6, 6.07) is 8.65. The molecule has 0 radical (unpaired) electrons. The zero-order chi connectivity index (χ0) is 13.0. The van der Waals surface area contributed by atoms with E-state index in [2.05, 4.69) is 39.9 Å². The van der Waals surface area contributed by atoms with E-state index in [0.717, 1.165) is 24.0 Å². The van der Waals surface area contributed by atoms with Gasteiger partial charge in [-0.05, 0) is 25.0 Å². The lowest BCUT2D eigenvalue weighted by atomic mass is 10.1. The van der Waals surface area contributed by atoms with E-state index in [1.807, 2.05) is 12.1 Å². The lowest BCUT2D eigenvalue weighted by molar-refractivity contribution is 0.0621. The van der Waals surface area contributed by atoms with E-state index >= 15 is 0 Å². The molecule has 0 amide bonds. The van der Waals surface area contributed by atoms with Crippen molar-refractivity contribution < 1.29 is 9.84 Å². The monoisotopic (exact) mass is 313 g/mol. The molecule has 1 aliphatic rings. The van der Waals surface area contributed by atoms with E-state index in [9.17, 15) is 5.11 Å². The minimum atomic E-state index is 0.188. The first-order valence-corrected chi connectivity index (χ1v) is 7.21. The van der Waals surface area contributed by atoms with Gasteiger partial charge in [-0.3, -0.25) is 4.90 Å². The van der Waals surface area contributed by atoms with Gasteiger partial charge in [-0.25, -0.2) is 0 Å². The van der Waals surface area contributed by atoms with Crippen LogP contribution in [-0.4, -0.2) is 41.9 Å². The number of hydrogen-bond donors (Lipinski definition) is 1. The molecular formula is C14H20BrNO2. The number of nitrogens with zero attached hydrogens (tertiary/aromatic N) is 1. The third-order valence-electron chi connectivity index (χ3n) is 3.52. The first-order valence-electron chi connectivity index (χ1n) is 6.42. The van der Waals surface area contributed by atoms with Crippen LogP contribution in [0.2, 0.25) is 0 Å². The molecule has 1 N–H and O–H groups in total. The first kappa shape index (κ1) is 14.0. The van der Waals surface area contributed by atoms with Crippen LogP contribution in [0.1, 0.15) is 18.9 Å². The summed E-state index contributed by atoms with van der Waals surface area (Å²) in [5.41, 5.74) is 1.25. The van der Waals surface area contributed by atoms with Gasteiger partial charge < -0.3 is 9.84 Å². The molecule has 1 aliphatic heterocycles. The van der Waals surface area contributed by atoms with Crippen molar-refractivity contribution >= 4 is 15.9 Å². The van der Waals surface area contributed by atoms with Crippen molar-refractivity contribution in [3.05, 3.63) is 34.3 Å². The van der Waals surface area contributed by atoms with Crippen molar-refractivity contribution in [1.29, 1.82) is 0 Å². The van der Waals surface area contributed by atoms with Gasteiger partial charge in [0.15, 0.2) is 0 Å². The molecule has 1 heterocycles. The second-order valence-electron chi connectivity index (χ2n) is 4.72. The van der Waals surface area contributed by atoms with E-state index in [1.165, 1.54) is 5.56 Å². The van der Waals surface area contributed by atoms with Crippen molar-refractivity contribution in [3.63, 3.8) is 0 Å². The van der Waals surface area contributed by atoms with E-state index in [0.29, 0.717) is 12.6 Å². The first-order chi connectivity index (χ1) is 8.72. The average Bonchev–Trinajstić information content (AvgIpc) is 2.78. The quantitative estimate of drug-likeness (QED) is 0.906. The fraction of sp³-hybridized carbons (Fsp3) is 0.571. The molecule has 0 aromatic heterocycles. The van der Waals surface area contributed by atoms with Gasteiger partial charge in [0, 0.05) is 30.2 Å². The van der Waals surface area contributed by atoms with Crippen LogP contribution >= 0.6 is 15.9 Å². The molecule has 0 bridgehead atoms. The molecule has 0 spiro atoms. The van der Waals surface area contributed by atoms with Crippen LogP contribution in [-0.2, 0) is 11.3 Å². The zero-order valence-corrected chi connectivity index (χ0v) is 12.3. The van der Waals surface area contributed by atoms with Gasteiger partial charge in [-0.15, -0.1) is 0 Å². The van der Waals surface area contributed by atoms with Crippen LogP contribution in [0.15, 0.2) is 28.7 Å². The van der Waals surface area contributed by atoms with Crippen LogP contribution in [0.25, 0.3) is 0 Å². The topological polar surface area (TPSA) is 32.7 Å². The Morgan fingerprint density at radius 3 is 2.83 bits per heavy atom.